The molecule has 0 bridgehead atoms. The Hall–Kier alpha value is -5.93. The number of nitrogen functional groups attached to an aromatic ring is 2. The summed E-state index contributed by atoms with van der Waals surface area (Å²) in [6.07, 6.45) is -17.2. The van der Waals surface area contributed by atoms with Gasteiger partial charge in [0.15, 0.2) is 46.9 Å². The van der Waals surface area contributed by atoms with Gasteiger partial charge >= 0.3 is 31.3 Å². The number of aliphatic hydroxyl groups is 4. The standard InChI is InChI=1S/C39H49N15O24P4/c1-15-5-4-6-16(7-15)8-42-28-19-29(44-11-43-28)52(12-45-19)36-27(69-3)26(75-81(65,66)76-37-25(58)24(57)34(74-37)53-13-46-20-30(53)47-38(40)49-32(20)59)18(73-36)10-71-80(63,64)78-82(67,68)77-79(61,62)70-9-17-22(55)23(56)35(72-17)54-14-51(2)21-31(54)48-39(41)50-33(21)60/h4-7,11-14,17-18,22-27,34-37,55-58H,8-10H2,1-3H3,(H10-,40,41,42,43,44,47,48,49,50,59,60,61,62,63,64,65,66,67,68)/p+1/t17-,18-,22?,23?,24?,25-,26+,27?,34-,35-,36-,37-/m1/s1. The topological polar surface area (TPSA) is 548 Å². The Bertz CT molecular complexity index is 3820. The van der Waals surface area contributed by atoms with E-state index in [2.05, 4.69) is 53.8 Å². The monoisotopic (exact) mass is 1240 g/mol. The molecule has 0 aliphatic carbocycles. The van der Waals surface area contributed by atoms with Crippen LogP contribution in [-0.2, 0) is 77.5 Å². The first-order chi connectivity index (χ1) is 38.6. The third-order valence-electron chi connectivity index (χ3n) is 12.7. The predicted molar refractivity (Wildman–Crippen MR) is 267 cm³/mol. The number of rotatable bonds is 21. The molecule has 0 radical (unpaired) electrons. The van der Waals surface area contributed by atoms with Crippen LogP contribution in [0.25, 0.3) is 33.5 Å². The van der Waals surface area contributed by atoms with Gasteiger partial charge in [0.1, 0.15) is 55.2 Å². The number of benzene rings is 1. The normalized spacial score (nSPS) is 28.8. The second-order valence-electron chi connectivity index (χ2n) is 18.4. The minimum Gasteiger partial charge on any atom is -0.490 e. The highest BCUT2D eigenvalue weighted by atomic mass is 31.3. The molecule has 15 N–H and O–H groups in total. The van der Waals surface area contributed by atoms with E-state index in [-0.39, 0.29) is 51.2 Å². The van der Waals surface area contributed by atoms with Crippen LogP contribution in [-0.4, -0.2) is 174 Å². The number of phosphoric ester groups is 3. The van der Waals surface area contributed by atoms with Crippen LogP contribution in [0, 0.1) is 6.92 Å². The third kappa shape index (κ3) is 12.1. The lowest BCUT2D eigenvalue weighted by atomic mass is 10.1. The fourth-order valence-corrected chi connectivity index (χ4v) is 13.8. The molecule has 0 amide bonds. The molecule has 444 valence electrons. The Kier molecular flexibility index (Phi) is 16.3. The maximum absolute atomic E-state index is 14.0. The van der Waals surface area contributed by atoms with Crippen molar-refractivity contribution in [3.05, 3.63) is 71.1 Å². The molecule has 39 nitrogen and oxygen atoms in total. The van der Waals surface area contributed by atoms with E-state index in [1.54, 1.807) is 0 Å². The zero-order chi connectivity index (χ0) is 59.0. The zero-order valence-electron chi connectivity index (χ0n) is 42.2. The highest BCUT2D eigenvalue weighted by molar-refractivity contribution is 7.66. The van der Waals surface area contributed by atoms with Gasteiger partial charge in [-0.1, -0.05) is 29.8 Å². The van der Waals surface area contributed by atoms with Crippen molar-refractivity contribution >= 4 is 82.5 Å². The number of aryl methyl sites for hydroxylation is 2. The molecule has 1 aromatic carbocycles. The van der Waals surface area contributed by atoms with E-state index in [0.29, 0.717) is 6.54 Å². The highest BCUT2D eigenvalue weighted by Gasteiger charge is 2.55. The maximum atomic E-state index is 14.0. The summed E-state index contributed by atoms with van der Waals surface area (Å²) < 4.78 is 110. The minimum absolute atomic E-state index is 0.0294. The number of phosphoric acid groups is 4. The van der Waals surface area contributed by atoms with E-state index >= 15 is 0 Å². The SMILES string of the molecule is COC1[C@@H](OP(=O)(O)O[C@H]2O[C@@H](n3cnc4c(=O)[nH]c(N)nc43)C(O)[C@H]2O)[C@@H](COP(=O)(O)OP(=O)(O)OP(=O)(O)OC[C@H]2O[C@@H](n3c[n+](C)c4c(O)nc(N)nc43)C(O)C2O)O[C@H]1n1cnc2c(NCc3cccc(C)c3)ncnc21. The second kappa shape index (κ2) is 22.6. The summed E-state index contributed by atoms with van der Waals surface area (Å²) in [4.78, 5) is 86.1. The number of nitrogens with zero attached hydrogens (tertiary/aromatic N) is 11. The molecule has 10 rings (SSSR count). The number of ether oxygens (including phenoxy) is 4. The summed E-state index contributed by atoms with van der Waals surface area (Å²) in [6.45, 7) is -0.249. The van der Waals surface area contributed by atoms with Crippen LogP contribution < -0.4 is 26.9 Å². The smallest absolute Gasteiger partial charge is 0.490 e. The number of hydrogen-bond donors (Lipinski definition) is 13. The Morgan fingerprint density at radius 3 is 2.07 bits per heavy atom. The number of methoxy groups -OCH3 is 1. The summed E-state index contributed by atoms with van der Waals surface area (Å²) in [7, 11) is -21.2. The van der Waals surface area contributed by atoms with Crippen LogP contribution in [0.2, 0.25) is 0 Å². The molecule has 43 heteroatoms. The summed E-state index contributed by atoms with van der Waals surface area (Å²) in [6, 6.07) is 7.59. The molecule has 9 heterocycles. The van der Waals surface area contributed by atoms with Crippen LogP contribution >= 0.6 is 31.3 Å². The number of anilines is 3. The number of aromatic nitrogens is 12. The van der Waals surface area contributed by atoms with Gasteiger partial charge in [-0.25, -0.2) is 42.8 Å². The number of fused-ring (bicyclic) bond motifs is 3. The largest absolute Gasteiger partial charge is 0.490 e. The average molecular weight is 1240 g/mol. The quantitative estimate of drug-likeness (QED) is 0.0273. The number of hydrogen-bond acceptors (Lipinski definition) is 30. The number of aromatic hydroxyl groups is 1. The Balaban J connectivity index is 0.844. The van der Waals surface area contributed by atoms with Crippen molar-refractivity contribution in [1.29, 1.82) is 0 Å². The first-order valence-corrected chi connectivity index (χ1v) is 29.6. The highest BCUT2D eigenvalue weighted by Crippen LogP contribution is 2.68. The van der Waals surface area contributed by atoms with E-state index in [4.69, 9.17) is 48.5 Å². The van der Waals surface area contributed by atoms with Crippen LogP contribution in [0.5, 0.6) is 5.88 Å². The summed E-state index contributed by atoms with van der Waals surface area (Å²) >= 11 is 0. The van der Waals surface area contributed by atoms with Crippen LogP contribution in [0.1, 0.15) is 29.8 Å². The molecule has 8 unspecified atom stereocenters. The molecule has 0 saturated carbocycles. The van der Waals surface area contributed by atoms with Crippen molar-refractivity contribution in [2.24, 2.45) is 7.05 Å². The van der Waals surface area contributed by atoms with Crippen molar-refractivity contribution in [3.8, 4) is 5.88 Å². The van der Waals surface area contributed by atoms with Gasteiger partial charge in [0, 0.05) is 13.7 Å². The molecule has 3 fully saturated rings. The predicted octanol–water partition coefficient (Wildman–Crippen LogP) is -2.00. The van der Waals surface area contributed by atoms with Crippen LogP contribution in [0.3, 0.4) is 0 Å². The van der Waals surface area contributed by atoms with Gasteiger partial charge in [-0.15, -0.1) is 0 Å². The summed E-state index contributed by atoms with van der Waals surface area (Å²) in [5, 5.41) is 57.0. The summed E-state index contributed by atoms with van der Waals surface area (Å²) in [5.41, 5.74) is 12.2. The zero-order valence-corrected chi connectivity index (χ0v) is 45.8. The lowest BCUT2D eigenvalue weighted by Crippen LogP contribution is -2.38. The van der Waals surface area contributed by atoms with Gasteiger partial charge in [0.25, 0.3) is 22.6 Å². The van der Waals surface area contributed by atoms with E-state index in [1.807, 2.05) is 31.2 Å². The number of aliphatic hydroxyl groups excluding tert-OH is 4. The maximum Gasteiger partial charge on any atom is 0.490 e. The number of aromatic amines is 1. The van der Waals surface area contributed by atoms with Crippen molar-refractivity contribution in [2.45, 2.75) is 87.3 Å². The molecular weight excluding hydrogens is 1190 g/mol. The van der Waals surface area contributed by atoms with Gasteiger partial charge in [-0.2, -0.15) is 28.1 Å². The average Bonchev–Trinajstić information content (AvgIpc) is 2.88. The van der Waals surface area contributed by atoms with Gasteiger partial charge in [0.05, 0.1) is 32.9 Å². The van der Waals surface area contributed by atoms with E-state index in [0.717, 1.165) is 33.7 Å². The van der Waals surface area contributed by atoms with E-state index in [1.165, 1.54) is 35.2 Å². The molecule has 3 aliphatic heterocycles. The van der Waals surface area contributed by atoms with Gasteiger partial charge in [-0.05, 0) is 12.5 Å². The number of H-pyrrole nitrogens is 1. The van der Waals surface area contributed by atoms with Gasteiger partial charge in [-0.3, -0.25) is 37.0 Å². The fourth-order valence-electron chi connectivity index (χ4n) is 9.19. The Morgan fingerprint density at radius 1 is 0.732 bits per heavy atom. The molecule has 0 spiro atoms. The molecule has 3 aliphatic rings. The molecular formula is C39H50N15O24P4+. The molecule has 6 aromatic heterocycles. The molecule has 16 atom stereocenters. The van der Waals surface area contributed by atoms with Crippen molar-refractivity contribution in [1.82, 2.24) is 53.6 Å². The van der Waals surface area contributed by atoms with Gasteiger partial charge < -0.3 is 80.8 Å². The number of imidazole rings is 3. The lowest BCUT2D eigenvalue weighted by Gasteiger charge is -2.27. The summed E-state index contributed by atoms with van der Waals surface area (Å²) in [5.74, 6) is -1.03. The third-order valence-corrected chi connectivity index (χ3v) is 18.0. The van der Waals surface area contributed by atoms with Crippen LogP contribution in [0.4, 0.5) is 17.7 Å². The minimum atomic E-state index is -6.24. The molecule has 3 saturated heterocycles. The fraction of sp³-hybridized carbons (Fsp3) is 0.462. The lowest BCUT2D eigenvalue weighted by molar-refractivity contribution is -0.646. The Morgan fingerprint density at radius 2 is 1.38 bits per heavy atom. The van der Waals surface area contributed by atoms with Crippen molar-refractivity contribution < 1.29 is 114 Å². The molecule has 82 heavy (non-hydrogen) atoms. The number of nitrogens with one attached hydrogen (secondary N) is 2. The first-order valence-electron chi connectivity index (χ1n) is 23.6. The van der Waals surface area contributed by atoms with Crippen LogP contribution in [0.15, 0.2) is 54.4 Å². The van der Waals surface area contributed by atoms with E-state index in [9.17, 15) is 68.2 Å². The molecule has 7 aromatic rings. The van der Waals surface area contributed by atoms with Crippen molar-refractivity contribution in [2.75, 3.05) is 37.1 Å². The van der Waals surface area contributed by atoms with Crippen molar-refractivity contribution in [3.63, 3.8) is 0 Å². The second-order valence-corrected chi connectivity index (χ2v) is 24.4. The Labute approximate surface area is 457 Å². The van der Waals surface area contributed by atoms with Gasteiger partial charge in [0.2, 0.25) is 24.5 Å². The first kappa shape index (κ1) is 59.2. The number of nitrogens with two attached hydrogens (primary N) is 2. The van der Waals surface area contributed by atoms with E-state index < -0.39 is 130 Å².